The molecule has 1 atom stereocenters. The van der Waals surface area contributed by atoms with Crippen LogP contribution in [0, 0.1) is 0 Å². The summed E-state index contributed by atoms with van der Waals surface area (Å²) in [5.41, 5.74) is 2.76. The molecule has 3 aromatic rings. The second-order valence-corrected chi connectivity index (χ2v) is 7.41. The second-order valence-electron chi connectivity index (χ2n) is 7.41. The molecule has 0 aliphatic carbocycles. The molecule has 7 nitrogen and oxygen atoms in total. The van der Waals surface area contributed by atoms with Crippen LogP contribution >= 0.6 is 0 Å². The van der Waals surface area contributed by atoms with Crippen LogP contribution in [0.4, 0.5) is 4.79 Å². The Balaban J connectivity index is 1.45. The zero-order chi connectivity index (χ0) is 23.5. The molecule has 0 spiro atoms. The van der Waals surface area contributed by atoms with Gasteiger partial charge in [-0.05, 0) is 35.7 Å². The van der Waals surface area contributed by atoms with Crippen molar-refractivity contribution < 1.29 is 23.8 Å². The molecule has 7 heteroatoms. The average molecular weight is 449 g/mol. The van der Waals surface area contributed by atoms with Gasteiger partial charge in [-0.2, -0.15) is 0 Å². The molecule has 0 aromatic heterocycles. The van der Waals surface area contributed by atoms with Crippen molar-refractivity contribution in [1.82, 2.24) is 10.6 Å². The molecular weight excluding hydrogens is 420 g/mol. The van der Waals surface area contributed by atoms with Crippen molar-refractivity contribution in [1.29, 1.82) is 0 Å². The van der Waals surface area contributed by atoms with Crippen LogP contribution in [-0.4, -0.2) is 25.2 Å². The van der Waals surface area contributed by atoms with Crippen LogP contribution < -0.4 is 20.1 Å². The number of alkyl carbamates (subject to hydrolysis) is 1. The third kappa shape index (κ3) is 7.57. The minimum Gasteiger partial charge on any atom is -0.493 e. The lowest BCUT2D eigenvalue weighted by atomic mass is 10.2. The smallest absolute Gasteiger partial charge is 0.408 e. The predicted molar refractivity (Wildman–Crippen MR) is 125 cm³/mol. The quantitative estimate of drug-likeness (QED) is 0.485. The average Bonchev–Trinajstić information content (AvgIpc) is 2.86. The Labute approximate surface area is 193 Å². The zero-order valence-corrected chi connectivity index (χ0v) is 18.7. The fraction of sp³-hybridized carbons (Fsp3) is 0.231. The zero-order valence-electron chi connectivity index (χ0n) is 18.7. The lowest BCUT2D eigenvalue weighted by Crippen LogP contribution is -2.44. The number of carbonyl (C=O) groups is 2. The van der Waals surface area contributed by atoms with Crippen molar-refractivity contribution in [3.8, 4) is 11.5 Å². The van der Waals surface area contributed by atoms with E-state index in [9.17, 15) is 9.59 Å². The van der Waals surface area contributed by atoms with E-state index in [-0.39, 0.29) is 19.1 Å². The highest BCUT2D eigenvalue weighted by atomic mass is 16.5. The molecule has 0 aliphatic rings. The van der Waals surface area contributed by atoms with Crippen LogP contribution in [-0.2, 0) is 29.3 Å². The van der Waals surface area contributed by atoms with E-state index in [1.165, 1.54) is 0 Å². The molecule has 0 bridgehead atoms. The first-order chi connectivity index (χ1) is 16.0. The molecule has 0 radical (unpaired) electrons. The van der Waals surface area contributed by atoms with Gasteiger partial charge in [-0.3, -0.25) is 4.79 Å². The Bertz CT molecular complexity index is 1040. The first-order valence-electron chi connectivity index (χ1n) is 10.6. The van der Waals surface area contributed by atoms with Gasteiger partial charge in [0, 0.05) is 6.54 Å². The molecule has 3 rings (SSSR count). The van der Waals surface area contributed by atoms with Crippen molar-refractivity contribution in [3.05, 3.63) is 95.6 Å². The summed E-state index contributed by atoms with van der Waals surface area (Å²) in [6.07, 6.45) is -0.650. The summed E-state index contributed by atoms with van der Waals surface area (Å²) < 4.78 is 16.4. The summed E-state index contributed by atoms with van der Waals surface area (Å²) in [5, 5.41) is 5.33. The highest BCUT2D eigenvalue weighted by Crippen LogP contribution is 2.28. The number of hydrogen-bond acceptors (Lipinski definition) is 5. The predicted octanol–water partition coefficient (Wildman–Crippen LogP) is 4.21. The first kappa shape index (κ1) is 23.7. The first-order valence-corrected chi connectivity index (χ1v) is 10.6. The number of nitrogens with one attached hydrogen (secondary N) is 2. The van der Waals surface area contributed by atoms with E-state index in [0.717, 1.165) is 16.7 Å². The van der Waals surface area contributed by atoms with Gasteiger partial charge in [-0.1, -0.05) is 66.7 Å². The lowest BCUT2D eigenvalue weighted by molar-refractivity contribution is -0.122. The van der Waals surface area contributed by atoms with E-state index < -0.39 is 12.1 Å². The van der Waals surface area contributed by atoms with Gasteiger partial charge in [-0.15, -0.1) is 0 Å². The molecule has 0 aliphatic heterocycles. The number of carbonyl (C=O) groups excluding carboxylic acids is 2. The number of rotatable bonds is 10. The summed E-state index contributed by atoms with van der Waals surface area (Å²) in [4.78, 5) is 24.3. The molecule has 33 heavy (non-hydrogen) atoms. The Morgan fingerprint density at radius 2 is 1.45 bits per heavy atom. The van der Waals surface area contributed by atoms with Crippen molar-refractivity contribution in [3.63, 3.8) is 0 Å². The standard InChI is InChI=1S/C26H28N2O5/c1-19(28-26(30)33-18-21-11-7-4-8-12-21)25(29)27-16-22-13-14-23(24(15-22)31-2)32-17-20-9-5-3-6-10-20/h3-15,19H,16-18H2,1-2H3,(H,27,29)(H,28,30)/t19-/m0/s1. The minimum atomic E-state index is -0.747. The van der Waals surface area contributed by atoms with Crippen molar-refractivity contribution >= 4 is 12.0 Å². The maximum atomic E-state index is 12.4. The highest BCUT2D eigenvalue weighted by molar-refractivity contribution is 5.85. The van der Waals surface area contributed by atoms with Gasteiger partial charge in [0.25, 0.3) is 0 Å². The third-order valence-electron chi connectivity index (χ3n) is 4.87. The number of methoxy groups -OCH3 is 1. The van der Waals surface area contributed by atoms with E-state index in [1.54, 1.807) is 14.0 Å². The van der Waals surface area contributed by atoms with Crippen molar-refractivity contribution in [2.45, 2.75) is 32.7 Å². The maximum Gasteiger partial charge on any atom is 0.408 e. The summed E-state index contributed by atoms with van der Waals surface area (Å²) in [6.45, 7) is 2.44. The number of ether oxygens (including phenoxy) is 3. The summed E-state index contributed by atoms with van der Waals surface area (Å²) >= 11 is 0. The Morgan fingerprint density at radius 3 is 2.09 bits per heavy atom. The molecule has 0 unspecified atom stereocenters. The van der Waals surface area contributed by atoms with E-state index in [1.807, 2.05) is 78.9 Å². The Hall–Kier alpha value is -4.00. The SMILES string of the molecule is COc1cc(CNC(=O)[C@H](C)NC(=O)OCc2ccccc2)ccc1OCc1ccccc1. The van der Waals surface area contributed by atoms with Crippen LogP contribution in [0.15, 0.2) is 78.9 Å². The normalized spacial score (nSPS) is 11.2. The van der Waals surface area contributed by atoms with Crippen LogP contribution in [0.25, 0.3) is 0 Å². The molecule has 0 saturated heterocycles. The fourth-order valence-corrected chi connectivity index (χ4v) is 3.03. The van der Waals surface area contributed by atoms with Crippen LogP contribution in [0.1, 0.15) is 23.6 Å². The Kier molecular flexibility index (Phi) is 8.71. The van der Waals surface area contributed by atoms with Gasteiger partial charge in [-0.25, -0.2) is 4.79 Å². The van der Waals surface area contributed by atoms with Gasteiger partial charge in [0.2, 0.25) is 5.91 Å². The summed E-state index contributed by atoms with van der Waals surface area (Å²) in [7, 11) is 1.57. The monoisotopic (exact) mass is 448 g/mol. The second kappa shape index (κ2) is 12.1. The molecule has 2 amide bonds. The van der Waals surface area contributed by atoms with Crippen molar-refractivity contribution in [2.24, 2.45) is 0 Å². The van der Waals surface area contributed by atoms with Gasteiger partial charge >= 0.3 is 6.09 Å². The maximum absolute atomic E-state index is 12.4. The molecule has 3 aromatic carbocycles. The van der Waals surface area contributed by atoms with Gasteiger partial charge in [0.15, 0.2) is 11.5 Å². The van der Waals surface area contributed by atoms with Crippen LogP contribution in [0.5, 0.6) is 11.5 Å². The van der Waals surface area contributed by atoms with E-state index in [4.69, 9.17) is 14.2 Å². The molecular formula is C26H28N2O5. The summed E-state index contributed by atoms with van der Waals surface area (Å²) in [5.74, 6) is 0.871. The fourth-order valence-electron chi connectivity index (χ4n) is 3.03. The van der Waals surface area contributed by atoms with Crippen LogP contribution in [0.3, 0.4) is 0 Å². The highest BCUT2D eigenvalue weighted by Gasteiger charge is 2.16. The minimum absolute atomic E-state index is 0.138. The summed E-state index contributed by atoms with van der Waals surface area (Å²) in [6, 6.07) is 23.9. The topological polar surface area (TPSA) is 85.9 Å². The third-order valence-corrected chi connectivity index (χ3v) is 4.87. The number of benzene rings is 3. The van der Waals surface area contributed by atoms with Gasteiger partial charge in [0.1, 0.15) is 19.3 Å². The van der Waals surface area contributed by atoms with Gasteiger partial charge in [0.05, 0.1) is 7.11 Å². The lowest BCUT2D eigenvalue weighted by Gasteiger charge is -2.15. The number of hydrogen-bond donors (Lipinski definition) is 2. The molecule has 2 N–H and O–H groups in total. The number of amides is 2. The van der Waals surface area contributed by atoms with E-state index in [0.29, 0.717) is 18.1 Å². The van der Waals surface area contributed by atoms with Crippen molar-refractivity contribution in [2.75, 3.05) is 7.11 Å². The van der Waals surface area contributed by atoms with E-state index >= 15 is 0 Å². The largest absolute Gasteiger partial charge is 0.493 e. The molecule has 0 fully saturated rings. The van der Waals surface area contributed by atoms with Crippen LogP contribution in [0.2, 0.25) is 0 Å². The molecule has 0 saturated carbocycles. The Morgan fingerprint density at radius 1 is 0.818 bits per heavy atom. The van der Waals surface area contributed by atoms with Gasteiger partial charge < -0.3 is 24.8 Å². The molecule has 172 valence electrons. The molecule has 0 heterocycles. The van der Waals surface area contributed by atoms with E-state index in [2.05, 4.69) is 10.6 Å².